The van der Waals surface area contributed by atoms with Crippen LogP contribution in [0.5, 0.6) is 0 Å². The lowest BCUT2D eigenvalue weighted by Gasteiger charge is -2.30. The minimum Gasteiger partial charge on any atom is -0.465 e. The molecule has 0 spiro atoms. The van der Waals surface area contributed by atoms with E-state index < -0.39 is 5.41 Å². The van der Waals surface area contributed by atoms with E-state index in [4.69, 9.17) is 19.9 Å². The maximum absolute atomic E-state index is 12.4. The molecule has 0 aliphatic rings. The molecule has 1 aromatic carbocycles. The molecular weight excluding hydrogens is 270 g/mol. The molecule has 0 amide bonds. The lowest BCUT2D eigenvalue weighted by atomic mass is 9.77. The SMILES string of the molecule is CCOC(=O)C(CN)(CCOCCOC)c1ccccc1. The number of carbonyl (C=O) groups excluding carboxylic acids is 1. The molecule has 21 heavy (non-hydrogen) atoms. The fourth-order valence-corrected chi connectivity index (χ4v) is 2.18. The molecule has 118 valence electrons. The predicted octanol–water partition coefficient (Wildman–Crippen LogP) is 1.50. The van der Waals surface area contributed by atoms with Gasteiger partial charge in [0.25, 0.3) is 0 Å². The number of carbonyl (C=O) groups is 1. The minimum absolute atomic E-state index is 0.184. The number of rotatable bonds is 10. The van der Waals surface area contributed by atoms with Gasteiger partial charge in [-0.05, 0) is 18.9 Å². The summed E-state index contributed by atoms with van der Waals surface area (Å²) in [6.07, 6.45) is 0.482. The van der Waals surface area contributed by atoms with Crippen LogP contribution < -0.4 is 5.73 Å². The first-order chi connectivity index (χ1) is 10.2. The van der Waals surface area contributed by atoms with E-state index in [2.05, 4.69) is 0 Å². The average molecular weight is 295 g/mol. The third kappa shape index (κ3) is 4.81. The van der Waals surface area contributed by atoms with Crippen molar-refractivity contribution >= 4 is 5.97 Å². The van der Waals surface area contributed by atoms with Crippen molar-refractivity contribution in [3.8, 4) is 0 Å². The van der Waals surface area contributed by atoms with Gasteiger partial charge in [-0.2, -0.15) is 0 Å². The summed E-state index contributed by atoms with van der Waals surface area (Å²) in [4.78, 5) is 12.4. The summed E-state index contributed by atoms with van der Waals surface area (Å²) < 4.78 is 15.7. The summed E-state index contributed by atoms with van der Waals surface area (Å²) in [5, 5.41) is 0. The lowest BCUT2D eigenvalue weighted by molar-refractivity contribution is -0.150. The molecule has 1 atom stereocenters. The second kappa shape index (κ2) is 9.50. The van der Waals surface area contributed by atoms with Crippen LogP contribution in [0.25, 0.3) is 0 Å². The van der Waals surface area contributed by atoms with Gasteiger partial charge >= 0.3 is 5.97 Å². The van der Waals surface area contributed by atoms with Gasteiger partial charge in [0.2, 0.25) is 0 Å². The average Bonchev–Trinajstić information content (AvgIpc) is 2.52. The first-order valence-electron chi connectivity index (χ1n) is 7.20. The molecule has 1 rings (SSSR count). The van der Waals surface area contributed by atoms with Crippen molar-refractivity contribution in [2.75, 3.05) is 40.1 Å². The van der Waals surface area contributed by atoms with Crippen LogP contribution in [0.1, 0.15) is 18.9 Å². The van der Waals surface area contributed by atoms with Crippen molar-refractivity contribution in [3.63, 3.8) is 0 Å². The number of methoxy groups -OCH3 is 1. The Bertz CT molecular complexity index is 410. The Morgan fingerprint density at radius 3 is 2.48 bits per heavy atom. The molecule has 0 aliphatic carbocycles. The molecule has 5 heteroatoms. The van der Waals surface area contributed by atoms with Crippen LogP contribution in [0, 0.1) is 0 Å². The van der Waals surface area contributed by atoms with Gasteiger partial charge < -0.3 is 19.9 Å². The summed E-state index contributed by atoms with van der Waals surface area (Å²) in [6.45, 7) is 3.75. The molecule has 1 unspecified atom stereocenters. The summed E-state index contributed by atoms with van der Waals surface area (Å²) in [5.41, 5.74) is 5.94. The van der Waals surface area contributed by atoms with E-state index in [0.717, 1.165) is 5.56 Å². The maximum atomic E-state index is 12.4. The van der Waals surface area contributed by atoms with E-state index in [1.54, 1.807) is 14.0 Å². The van der Waals surface area contributed by atoms with E-state index in [-0.39, 0.29) is 12.5 Å². The number of hydrogen-bond acceptors (Lipinski definition) is 5. The molecule has 0 radical (unpaired) electrons. The summed E-state index contributed by atoms with van der Waals surface area (Å²) in [6, 6.07) is 9.50. The van der Waals surface area contributed by atoms with E-state index in [1.807, 2.05) is 30.3 Å². The molecule has 0 aromatic heterocycles. The predicted molar refractivity (Wildman–Crippen MR) is 81.1 cm³/mol. The Labute approximate surface area is 126 Å². The summed E-state index contributed by atoms with van der Waals surface area (Å²) in [5.74, 6) is -0.297. The molecule has 5 nitrogen and oxygen atoms in total. The van der Waals surface area contributed by atoms with Gasteiger partial charge in [-0.1, -0.05) is 30.3 Å². The van der Waals surface area contributed by atoms with Crippen LogP contribution in [-0.2, 0) is 24.4 Å². The van der Waals surface area contributed by atoms with Crippen molar-refractivity contribution in [2.45, 2.75) is 18.8 Å². The molecule has 0 bridgehead atoms. The van der Waals surface area contributed by atoms with Crippen LogP contribution in [-0.4, -0.2) is 46.1 Å². The zero-order valence-corrected chi connectivity index (χ0v) is 12.8. The molecular formula is C16H25NO4. The highest BCUT2D eigenvalue weighted by Gasteiger charge is 2.40. The molecule has 1 aromatic rings. The Balaban J connectivity index is 2.85. The lowest BCUT2D eigenvalue weighted by Crippen LogP contribution is -2.45. The summed E-state index contributed by atoms with van der Waals surface area (Å²) in [7, 11) is 1.62. The Morgan fingerprint density at radius 1 is 1.19 bits per heavy atom. The normalized spacial score (nSPS) is 13.7. The summed E-state index contributed by atoms with van der Waals surface area (Å²) >= 11 is 0. The smallest absolute Gasteiger partial charge is 0.317 e. The number of esters is 1. The molecule has 0 saturated heterocycles. The highest BCUT2D eigenvalue weighted by Crippen LogP contribution is 2.29. The fourth-order valence-electron chi connectivity index (χ4n) is 2.18. The second-order valence-corrected chi connectivity index (χ2v) is 4.73. The van der Waals surface area contributed by atoms with Gasteiger partial charge in [0.15, 0.2) is 0 Å². The van der Waals surface area contributed by atoms with Gasteiger partial charge in [0.05, 0.1) is 19.8 Å². The van der Waals surface area contributed by atoms with Gasteiger partial charge in [0, 0.05) is 20.3 Å². The number of benzene rings is 1. The molecule has 0 aliphatic heterocycles. The quantitative estimate of drug-likeness (QED) is 0.523. The van der Waals surface area contributed by atoms with Gasteiger partial charge in [0.1, 0.15) is 5.41 Å². The highest BCUT2D eigenvalue weighted by molar-refractivity contribution is 5.83. The molecule has 0 saturated carbocycles. The number of nitrogens with two attached hydrogens (primary N) is 1. The zero-order chi connectivity index (χ0) is 15.6. The van der Waals surface area contributed by atoms with E-state index in [1.165, 1.54) is 0 Å². The van der Waals surface area contributed by atoms with Crippen molar-refractivity contribution in [1.82, 2.24) is 0 Å². The Kier molecular flexibility index (Phi) is 7.97. The Hall–Kier alpha value is -1.43. The second-order valence-electron chi connectivity index (χ2n) is 4.73. The van der Waals surface area contributed by atoms with Gasteiger partial charge in [-0.3, -0.25) is 4.79 Å². The van der Waals surface area contributed by atoms with E-state index in [0.29, 0.717) is 32.8 Å². The largest absolute Gasteiger partial charge is 0.465 e. The van der Waals surface area contributed by atoms with Crippen molar-refractivity contribution in [1.29, 1.82) is 0 Å². The van der Waals surface area contributed by atoms with E-state index >= 15 is 0 Å². The van der Waals surface area contributed by atoms with Gasteiger partial charge in [-0.15, -0.1) is 0 Å². The zero-order valence-electron chi connectivity index (χ0n) is 12.8. The van der Waals surface area contributed by atoms with Crippen molar-refractivity contribution in [3.05, 3.63) is 35.9 Å². The third-order valence-electron chi connectivity index (χ3n) is 3.45. The molecule has 0 heterocycles. The number of ether oxygens (including phenoxy) is 3. The standard InChI is InChI=1S/C16H25NO4/c1-3-21-15(18)16(13-17,9-10-20-12-11-19-2)14-7-5-4-6-8-14/h4-8H,3,9-13,17H2,1-2H3. The monoisotopic (exact) mass is 295 g/mol. The van der Waals surface area contributed by atoms with Crippen LogP contribution in [0.4, 0.5) is 0 Å². The van der Waals surface area contributed by atoms with Gasteiger partial charge in [-0.25, -0.2) is 0 Å². The molecule has 2 N–H and O–H groups in total. The first-order valence-corrected chi connectivity index (χ1v) is 7.20. The van der Waals surface area contributed by atoms with Crippen LogP contribution in [0.2, 0.25) is 0 Å². The maximum Gasteiger partial charge on any atom is 0.317 e. The number of hydrogen-bond donors (Lipinski definition) is 1. The van der Waals surface area contributed by atoms with Crippen molar-refractivity contribution in [2.24, 2.45) is 5.73 Å². The highest BCUT2D eigenvalue weighted by atomic mass is 16.5. The first kappa shape index (κ1) is 17.6. The van der Waals surface area contributed by atoms with Crippen molar-refractivity contribution < 1.29 is 19.0 Å². The van der Waals surface area contributed by atoms with Crippen LogP contribution in [0.3, 0.4) is 0 Å². The minimum atomic E-state index is -0.857. The van der Waals surface area contributed by atoms with E-state index in [9.17, 15) is 4.79 Å². The Morgan fingerprint density at radius 2 is 1.90 bits per heavy atom. The molecule has 0 fully saturated rings. The third-order valence-corrected chi connectivity index (χ3v) is 3.45. The fraction of sp³-hybridized carbons (Fsp3) is 0.562. The van der Waals surface area contributed by atoms with Crippen LogP contribution in [0.15, 0.2) is 30.3 Å². The van der Waals surface area contributed by atoms with Crippen LogP contribution >= 0.6 is 0 Å². The topological polar surface area (TPSA) is 70.8 Å².